The highest BCUT2D eigenvalue weighted by Crippen LogP contribution is 2.39. The molecule has 5 rings (SSSR count). The topological polar surface area (TPSA) is 107 Å². The molecule has 1 aliphatic carbocycles. The smallest absolute Gasteiger partial charge is 0.274 e. The van der Waals surface area contributed by atoms with Gasteiger partial charge in [0, 0.05) is 17.0 Å². The van der Waals surface area contributed by atoms with E-state index in [1.165, 1.54) is 11.3 Å². The van der Waals surface area contributed by atoms with Crippen molar-refractivity contribution < 1.29 is 14.7 Å². The minimum absolute atomic E-state index is 0.142. The Morgan fingerprint density at radius 3 is 2.69 bits per heavy atom. The van der Waals surface area contributed by atoms with E-state index in [-0.39, 0.29) is 23.3 Å². The molecule has 184 valence electrons. The van der Waals surface area contributed by atoms with Crippen LogP contribution in [0.25, 0.3) is 11.3 Å². The van der Waals surface area contributed by atoms with Gasteiger partial charge in [-0.15, -0.1) is 11.3 Å². The Morgan fingerprint density at radius 2 is 1.89 bits per heavy atom. The molecule has 2 amide bonds. The van der Waals surface area contributed by atoms with Gasteiger partial charge in [0.25, 0.3) is 11.8 Å². The predicted octanol–water partition coefficient (Wildman–Crippen LogP) is 5.17. The number of rotatable bonds is 7. The first-order valence-electron chi connectivity index (χ1n) is 12.0. The Labute approximate surface area is 213 Å². The van der Waals surface area contributed by atoms with E-state index < -0.39 is 0 Å². The van der Waals surface area contributed by atoms with Crippen LogP contribution in [0.5, 0.6) is 5.75 Å². The van der Waals surface area contributed by atoms with Gasteiger partial charge in [-0.05, 0) is 73.9 Å². The first-order chi connectivity index (χ1) is 17.4. The van der Waals surface area contributed by atoms with Gasteiger partial charge in [-0.25, -0.2) is 0 Å². The van der Waals surface area contributed by atoms with Crippen molar-refractivity contribution in [2.24, 2.45) is 0 Å². The molecule has 0 atom stereocenters. The molecule has 0 saturated heterocycles. The van der Waals surface area contributed by atoms with Crippen LogP contribution in [0.4, 0.5) is 5.00 Å². The Hall–Kier alpha value is -3.91. The van der Waals surface area contributed by atoms with Crippen LogP contribution < -0.4 is 10.6 Å². The van der Waals surface area contributed by atoms with Gasteiger partial charge in [0.05, 0.1) is 11.3 Å². The zero-order chi connectivity index (χ0) is 25.2. The number of fused-ring (bicyclic) bond motifs is 1. The number of amides is 2. The summed E-state index contributed by atoms with van der Waals surface area (Å²) >= 11 is 1.47. The molecule has 2 heterocycles. The van der Waals surface area contributed by atoms with Gasteiger partial charge < -0.3 is 15.7 Å². The number of aromatic hydroxyl groups is 1. The maximum atomic E-state index is 13.2. The predicted molar refractivity (Wildman–Crippen MR) is 142 cm³/mol. The zero-order valence-electron chi connectivity index (χ0n) is 20.3. The average Bonchev–Trinajstić information content (AvgIpc) is 3.58. The van der Waals surface area contributed by atoms with Crippen LogP contribution in [0.2, 0.25) is 0 Å². The average molecular weight is 501 g/mol. The molecule has 0 fully saturated rings. The third-order valence-electron chi connectivity index (χ3n) is 6.46. The molecule has 4 aromatic rings. The summed E-state index contributed by atoms with van der Waals surface area (Å²) in [6, 6.07) is 15.4. The number of aromatic nitrogens is 2. The Kier molecular flexibility index (Phi) is 6.61. The van der Waals surface area contributed by atoms with E-state index in [2.05, 4.69) is 20.8 Å². The number of H-pyrrole nitrogens is 1. The quantitative estimate of drug-likeness (QED) is 0.281. The number of hydrogen-bond acceptors (Lipinski definition) is 5. The van der Waals surface area contributed by atoms with E-state index >= 15 is 0 Å². The number of anilines is 1. The molecule has 0 aliphatic heterocycles. The van der Waals surface area contributed by atoms with Crippen LogP contribution in [-0.2, 0) is 19.3 Å². The number of hydrogen-bond donors (Lipinski definition) is 4. The first-order valence-corrected chi connectivity index (χ1v) is 12.9. The van der Waals surface area contributed by atoms with E-state index in [1.807, 2.05) is 56.3 Å². The highest BCUT2D eigenvalue weighted by atomic mass is 32.1. The van der Waals surface area contributed by atoms with Gasteiger partial charge in [-0.1, -0.05) is 36.4 Å². The van der Waals surface area contributed by atoms with Crippen molar-refractivity contribution in [3.05, 3.63) is 86.9 Å². The minimum atomic E-state index is -0.379. The van der Waals surface area contributed by atoms with Crippen molar-refractivity contribution in [3.8, 4) is 17.0 Å². The number of aromatic amines is 1. The summed E-state index contributed by atoms with van der Waals surface area (Å²) in [5.41, 5.74) is 5.81. The van der Waals surface area contributed by atoms with Crippen molar-refractivity contribution in [2.45, 2.75) is 39.5 Å². The summed E-state index contributed by atoms with van der Waals surface area (Å²) < 4.78 is 0. The van der Waals surface area contributed by atoms with Crippen LogP contribution in [-0.4, -0.2) is 33.7 Å². The maximum Gasteiger partial charge on any atom is 0.274 e. The number of carbonyl (C=O) groups is 2. The van der Waals surface area contributed by atoms with E-state index in [9.17, 15) is 14.7 Å². The van der Waals surface area contributed by atoms with Gasteiger partial charge in [0.2, 0.25) is 0 Å². The minimum Gasteiger partial charge on any atom is -0.507 e. The maximum absolute atomic E-state index is 13.2. The second-order valence-corrected chi connectivity index (χ2v) is 10.3. The van der Waals surface area contributed by atoms with Crippen molar-refractivity contribution in [1.82, 2.24) is 15.5 Å². The van der Waals surface area contributed by atoms with Crippen LogP contribution in [0.1, 0.15) is 54.4 Å². The molecule has 2 aromatic heterocycles. The molecule has 8 heteroatoms. The summed E-state index contributed by atoms with van der Waals surface area (Å²) in [7, 11) is 0. The van der Waals surface area contributed by atoms with Gasteiger partial charge in [0.1, 0.15) is 16.4 Å². The van der Waals surface area contributed by atoms with E-state index in [1.54, 1.807) is 6.07 Å². The standard InChI is InChI=1S/C28H28N4O3S/c1-16-13-17(2)25(33)20(14-16)21-15-22(32-31-21)26(34)30-28-24(19-9-6-10-23(19)36-28)27(35)29-12-11-18-7-4-3-5-8-18/h3-5,7-8,13-15,33H,6,9-12H2,1-2H3,(H,29,35)(H,30,34)(H,31,32). The summed E-state index contributed by atoms with van der Waals surface area (Å²) in [5, 5.41) is 24.0. The van der Waals surface area contributed by atoms with Gasteiger partial charge >= 0.3 is 0 Å². The molecule has 0 saturated carbocycles. The molecule has 0 bridgehead atoms. The molecule has 4 N–H and O–H groups in total. The molecule has 0 radical (unpaired) electrons. The van der Waals surface area contributed by atoms with E-state index in [4.69, 9.17) is 0 Å². The van der Waals surface area contributed by atoms with Gasteiger partial charge in [0.15, 0.2) is 0 Å². The number of benzene rings is 2. The van der Waals surface area contributed by atoms with Crippen LogP contribution in [0.15, 0.2) is 48.5 Å². The molecule has 0 spiro atoms. The lowest BCUT2D eigenvalue weighted by Crippen LogP contribution is -2.27. The number of nitrogens with one attached hydrogen (secondary N) is 3. The number of thiophene rings is 1. The lowest BCUT2D eigenvalue weighted by atomic mass is 10.0. The second kappa shape index (κ2) is 9.99. The van der Waals surface area contributed by atoms with Crippen LogP contribution in [0.3, 0.4) is 0 Å². The molecule has 36 heavy (non-hydrogen) atoms. The van der Waals surface area contributed by atoms with Crippen LogP contribution >= 0.6 is 11.3 Å². The fourth-order valence-electron chi connectivity index (χ4n) is 4.69. The summed E-state index contributed by atoms with van der Waals surface area (Å²) in [4.78, 5) is 27.4. The van der Waals surface area contributed by atoms with Crippen molar-refractivity contribution >= 4 is 28.2 Å². The van der Waals surface area contributed by atoms with Gasteiger partial charge in [-0.2, -0.15) is 5.10 Å². The number of phenols is 1. The SMILES string of the molecule is Cc1cc(C)c(O)c(-c2cc(C(=O)Nc3sc4c(c3C(=O)NCCc3ccccc3)CCC4)[nH]n2)c1. The van der Waals surface area contributed by atoms with Gasteiger partial charge in [-0.3, -0.25) is 14.7 Å². The third-order valence-corrected chi connectivity index (χ3v) is 7.67. The molecular weight excluding hydrogens is 472 g/mol. The number of aryl methyl sites for hydroxylation is 3. The largest absolute Gasteiger partial charge is 0.507 e. The Balaban J connectivity index is 1.33. The molecule has 0 unspecified atom stereocenters. The summed E-state index contributed by atoms with van der Waals surface area (Å²) in [5.74, 6) is -0.398. The molecule has 7 nitrogen and oxygen atoms in total. The van der Waals surface area contributed by atoms with Crippen molar-refractivity contribution in [3.63, 3.8) is 0 Å². The molecular formula is C28H28N4O3S. The number of nitrogens with zero attached hydrogens (tertiary/aromatic N) is 1. The third kappa shape index (κ3) is 4.77. The number of carbonyl (C=O) groups excluding carboxylic acids is 2. The Bertz CT molecular complexity index is 1440. The highest BCUT2D eigenvalue weighted by Gasteiger charge is 2.28. The lowest BCUT2D eigenvalue weighted by Gasteiger charge is -2.09. The summed E-state index contributed by atoms with van der Waals surface area (Å²) in [6.45, 7) is 4.29. The fraction of sp³-hybridized carbons (Fsp3) is 0.250. The lowest BCUT2D eigenvalue weighted by molar-refractivity contribution is 0.0954. The normalized spacial score (nSPS) is 12.4. The monoisotopic (exact) mass is 500 g/mol. The van der Waals surface area contributed by atoms with Crippen molar-refractivity contribution in [2.75, 3.05) is 11.9 Å². The van der Waals surface area contributed by atoms with Crippen molar-refractivity contribution in [1.29, 1.82) is 0 Å². The van der Waals surface area contributed by atoms with E-state index in [0.29, 0.717) is 28.4 Å². The highest BCUT2D eigenvalue weighted by molar-refractivity contribution is 7.17. The zero-order valence-corrected chi connectivity index (χ0v) is 21.1. The molecule has 1 aliphatic rings. The Morgan fingerprint density at radius 1 is 1.08 bits per heavy atom. The molecule has 2 aromatic carbocycles. The first kappa shape index (κ1) is 23.8. The summed E-state index contributed by atoms with van der Waals surface area (Å²) in [6.07, 6.45) is 3.51. The second-order valence-electron chi connectivity index (χ2n) is 9.15. The fourth-order valence-corrected chi connectivity index (χ4v) is 5.97. The van der Waals surface area contributed by atoms with E-state index in [0.717, 1.165) is 52.8 Å². The number of phenolic OH excluding ortho intramolecular Hbond substituents is 1. The van der Waals surface area contributed by atoms with Crippen LogP contribution in [0, 0.1) is 13.8 Å².